The van der Waals surface area contributed by atoms with E-state index in [1.807, 2.05) is 24.3 Å². The molecule has 2 heterocycles. The van der Waals surface area contributed by atoms with Crippen molar-refractivity contribution in [2.45, 2.75) is 38.8 Å². The van der Waals surface area contributed by atoms with E-state index in [-0.39, 0.29) is 12.1 Å². The summed E-state index contributed by atoms with van der Waals surface area (Å²) in [6.07, 6.45) is 3.54. The normalized spacial score (nSPS) is 15.6. The number of ether oxygens (including phenoxy) is 1. The number of anilines is 1. The molecule has 1 aromatic heterocycles. The molecule has 144 valence electrons. The number of amides is 2. The van der Waals surface area contributed by atoms with Crippen molar-refractivity contribution >= 4 is 27.6 Å². The van der Waals surface area contributed by atoms with E-state index in [0.29, 0.717) is 23.4 Å². The van der Waals surface area contributed by atoms with Gasteiger partial charge in [-0.1, -0.05) is 22.0 Å². The molecule has 0 saturated carbocycles. The third kappa shape index (κ3) is 5.94. The van der Waals surface area contributed by atoms with Crippen LogP contribution in [0.3, 0.4) is 0 Å². The van der Waals surface area contributed by atoms with E-state index in [0.717, 1.165) is 30.4 Å². The lowest BCUT2D eigenvalue weighted by Gasteiger charge is -2.34. The summed E-state index contributed by atoms with van der Waals surface area (Å²) < 4.78 is 6.63. The quantitative estimate of drug-likeness (QED) is 0.722. The first kappa shape index (κ1) is 19.6. The summed E-state index contributed by atoms with van der Waals surface area (Å²) in [5.74, 6) is 1.17. The molecule has 0 aliphatic carbocycles. The Morgan fingerprint density at radius 2 is 2.04 bits per heavy atom. The largest absolute Gasteiger partial charge is 0.439 e. The fourth-order valence-corrected chi connectivity index (χ4v) is 3.46. The molecule has 2 N–H and O–H groups in total. The molecule has 2 amide bonds. The van der Waals surface area contributed by atoms with Crippen LogP contribution in [0.1, 0.15) is 26.7 Å². The number of piperidine rings is 1. The second kappa shape index (κ2) is 9.19. The summed E-state index contributed by atoms with van der Waals surface area (Å²) >= 11 is 3.41. The Kier molecular flexibility index (Phi) is 6.68. The molecule has 3 rings (SSSR count). The second-order valence-electron chi connectivity index (χ2n) is 6.95. The number of likely N-dealkylation sites (tertiary alicyclic amines) is 1. The first-order chi connectivity index (χ1) is 13.0. The summed E-state index contributed by atoms with van der Waals surface area (Å²) in [5.41, 5.74) is 0.633. The number of nitrogens with one attached hydrogen (secondary N) is 2. The summed E-state index contributed by atoms with van der Waals surface area (Å²) in [4.78, 5) is 18.9. The van der Waals surface area contributed by atoms with E-state index in [2.05, 4.69) is 50.3 Å². The number of rotatable bonds is 5. The van der Waals surface area contributed by atoms with Gasteiger partial charge >= 0.3 is 6.03 Å². The van der Waals surface area contributed by atoms with E-state index >= 15 is 0 Å². The molecular formula is C20H25BrN4O2. The number of pyridine rings is 1. The number of nitrogens with zero attached hydrogens (tertiary/aromatic N) is 2. The minimum absolute atomic E-state index is 0.194. The number of halogens is 1. The fourth-order valence-electron chi connectivity index (χ4n) is 3.08. The molecule has 1 fully saturated rings. The maximum absolute atomic E-state index is 12.2. The molecule has 1 saturated heterocycles. The third-order valence-electron chi connectivity index (χ3n) is 4.61. The van der Waals surface area contributed by atoms with Crippen molar-refractivity contribution in [2.24, 2.45) is 0 Å². The van der Waals surface area contributed by atoms with Crippen LogP contribution in [0.2, 0.25) is 0 Å². The summed E-state index contributed by atoms with van der Waals surface area (Å²) in [7, 11) is 0. The highest BCUT2D eigenvalue weighted by atomic mass is 79.9. The third-order valence-corrected chi connectivity index (χ3v) is 5.10. The van der Waals surface area contributed by atoms with Crippen molar-refractivity contribution in [2.75, 3.05) is 18.4 Å². The van der Waals surface area contributed by atoms with Crippen molar-refractivity contribution in [3.05, 3.63) is 47.1 Å². The van der Waals surface area contributed by atoms with E-state index in [9.17, 15) is 4.79 Å². The number of benzene rings is 1. The molecule has 27 heavy (non-hydrogen) atoms. The highest BCUT2D eigenvalue weighted by molar-refractivity contribution is 9.10. The first-order valence-corrected chi connectivity index (χ1v) is 10.00. The molecule has 0 radical (unpaired) electrons. The van der Waals surface area contributed by atoms with Gasteiger partial charge in [-0.05, 0) is 51.0 Å². The summed E-state index contributed by atoms with van der Waals surface area (Å²) in [5, 5.41) is 5.88. The Morgan fingerprint density at radius 1 is 1.26 bits per heavy atom. The van der Waals surface area contributed by atoms with Crippen LogP contribution in [0.25, 0.3) is 0 Å². The molecule has 2 aromatic rings. The Morgan fingerprint density at radius 3 is 2.67 bits per heavy atom. The molecule has 7 heteroatoms. The Labute approximate surface area is 168 Å². The predicted molar refractivity (Wildman–Crippen MR) is 110 cm³/mol. The van der Waals surface area contributed by atoms with Gasteiger partial charge in [-0.3, -0.25) is 0 Å². The average molecular weight is 433 g/mol. The second-order valence-corrected chi connectivity index (χ2v) is 7.86. The van der Waals surface area contributed by atoms with Gasteiger partial charge in [0, 0.05) is 35.7 Å². The van der Waals surface area contributed by atoms with Crippen LogP contribution in [-0.4, -0.2) is 41.1 Å². The zero-order chi connectivity index (χ0) is 19.2. The SMILES string of the molecule is CC(C)N1CCC(NC(=O)Nc2ccc(Oc3cccc(Br)c3)nc2)CC1. The van der Waals surface area contributed by atoms with Crippen molar-refractivity contribution < 1.29 is 9.53 Å². The van der Waals surface area contributed by atoms with Gasteiger partial charge in [0.05, 0.1) is 11.9 Å². The minimum atomic E-state index is -0.194. The Hall–Kier alpha value is -2.12. The van der Waals surface area contributed by atoms with Gasteiger partial charge in [-0.2, -0.15) is 0 Å². The zero-order valence-corrected chi connectivity index (χ0v) is 17.2. The fraction of sp³-hybridized carbons (Fsp3) is 0.400. The van der Waals surface area contributed by atoms with E-state index in [1.54, 1.807) is 18.3 Å². The molecular weight excluding hydrogens is 408 g/mol. The number of carbonyl (C=O) groups is 1. The maximum atomic E-state index is 12.2. The summed E-state index contributed by atoms with van der Waals surface area (Å²) in [6, 6.07) is 11.6. The van der Waals surface area contributed by atoms with Gasteiger partial charge in [0.15, 0.2) is 0 Å². The lowest BCUT2D eigenvalue weighted by molar-refractivity contribution is 0.163. The molecule has 1 aromatic carbocycles. The lowest BCUT2D eigenvalue weighted by atomic mass is 10.0. The minimum Gasteiger partial charge on any atom is -0.439 e. The van der Waals surface area contributed by atoms with Crippen molar-refractivity contribution in [3.8, 4) is 11.6 Å². The van der Waals surface area contributed by atoms with E-state index in [4.69, 9.17) is 4.74 Å². The monoisotopic (exact) mass is 432 g/mol. The van der Waals surface area contributed by atoms with Gasteiger partial charge in [0.1, 0.15) is 5.75 Å². The Bertz CT molecular complexity index is 759. The molecule has 1 aliphatic heterocycles. The van der Waals surface area contributed by atoms with Crippen LogP contribution in [0.15, 0.2) is 47.1 Å². The van der Waals surface area contributed by atoms with Crippen LogP contribution in [0, 0.1) is 0 Å². The molecule has 0 spiro atoms. The van der Waals surface area contributed by atoms with Crippen LogP contribution in [0.5, 0.6) is 11.6 Å². The number of urea groups is 1. The van der Waals surface area contributed by atoms with Gasteiger partial charge in [-0.15, -0.1) is 0 Å². The van der Waals surface area contributed by atoms with Crippen LogP contribution >= 0.6 is 15.9 Å². The molecule has 0 bridgehead atoms. The standard InChI is InChI=1S/C20H25BrN4O2/c1-14(2)25-10-8-16(9-11-25)23-20(26)24-17-6-7-19(22-13-17)27-18-5-3-4-15(21)12-18/h3-7,12-14,16H,8-11H2,1-2H3,(H2,23,24,26). The molecule has 1 aliphatic rings. The maximum Gasteiger partial charge on any atom is 0.319 e. The number of hydrogen-bond donors (Lipinski definition) is 2. The first-order valence-electron chi connectivity index (χ1n) is 9.20. The zero-order valence-electron chi connectivity index (χ0n) is 15.6. The summed E-state index contributed by atoms with van der Waals surface area (Å²) in [6.45, 7) is 6.45. The van der Waals surface area contributed by atoms with Gasteiger partial charge < -0.3 is 20.3 Å². The number of aromatic nitrogens is 1. The topological polar surface area (TPSA) is 66.5 Å². The van der Waals surface area contributed by atoms with Gasteiger partial charge in [-0.25, -0.2) is 9.78 Å². The average Bonchev–Trinajstić information content (AvgIpc) is 2.64. The van der Waals surface area contributed by atoms with E-state index in [1.165, 1.54) is 0 Å². The van der Waals surface area contributed by atoms with Crippen LogP contribution < -0.4 is 15.4 Å². The molecule has 6 nitrogen and oxygen atoms in total. The van der Waals surface area contributed by atoms with Crippen LogP contribution in [0.4, 0.5) is 10.5 Å². The van der Waals surface area contributed by atoms with Crippen LogP contribution in [-0.2, 0) is 0 Å². The van der Waals surface area contributed by atoms with Gasteiger partial charge in [0.2, 0.25) is 5.88 Å². The Balaban J connectivity index is 1.47. The predicted octanol–water partition coefficient (Wildman–Crippen LogP) is 4.63. The van der Waals surface area contributed by atoms with E-state index < -0.39 is 0 Å². The lowest BCUT2D eigenvalue weighted by Crippen LogP contribution is -2.47. The van der Waals surface area contributed by atoms with Crippen molar-refractivity contribution in [1.82, 2.24) is 15.2 Å². The molecule has 0 atom stereocenters. The number of hydrogen-bond acceptors (Lipinski definition) is 4. The number of carbonyl (C=O) groups excluding carboxylic acids is 1. The smallest absolute Gasteiger partial charge is 0.319 e. The van der Waals surface area contributed by atoms with Crippen molar-refractivity contribution in [1.29, 1.82) is 0 Å². The van der Waals surface area contributed by atoms with Gasteiger partial charge in [0.25, 0.3) is 0 Å². The molecule has 0 unspecified atom stereocenters. The highest BCUT2D eigenvalue weighted by Crippen LogP contribution is 2.23. The highest BCUT2D eigenvalue weighted by Gasteiger charge is 2.22. The van der Waals surface area contributed by atoms with Crippen molar-refractivity contribution in [3.63, 3.8) is 0 Å².